The molecular formula is C16H18O3. The first kappa shape index (κ1) is 12.4. The molecule has 2 unspecified atom stereocenters. The third-order valence-electron chi connectivity index (χ3n) is 4.65. The molecule has 100 valence electrons. The second-order valence-electron chi connectivity index (χ2n) is 5.84. The lowest BCUT2D eigenvalue weighted by molar-refractivity contribution is -0.142. The van der Waals surface area contributed by atoms with E-state index < -0.39 is 5.41 Å². The van der Waals surface area contributed by atoms with Gasteiger partial charge in [0, 0.05) is 17.8 Å². The summed E-state index contributed by atoms with van der Waals surface area (Å²) >= 11 is 0. The zero-order chi connectivity index (χ0) is 13.5. The monoisotopic (exact) mass is 258 g/mol. The van der Waals surface area contributed by atoms with Gasteiger partial charge in [0.25, 0.3) is 0 Å². The van der Waals surface area contributed by atoms with Gasteiger partial charge in [-0.05, 0) is 49.5 Å². The molecule has 2 fully saturated rings. The Labute approximate surface area is 112 Å². The minimum atomic E-state index is -0.480. The number of fused-ring (bicyclic) bond motifs is 1. The minimum Gasteiger partial charge on any atom is -0.465 e. The number of Topliss-reactive ketones (excluding diaryl/α,β-unsaturated/α-hetero) is 2. The zero-order valence-corrected chi connectivity index (χ0v) is 11.1. The third-order valence-corrected chi connectivity index (χ3v) is 4.65. The van der Waals surface area contributed by atoms with Crippen molar-refractivity contribution < 1.29 is 14.0 Å². The summed E-state index contributed by atoms with van der Waals surface area (Å²) in [7, 11) is 0. The molecule has 1 aromatic rings. The Morgan fingerprint density at radius 3 is 2.95 bits per heavy atom. The van der Waals surface area contributed by atoms with Gasteiger partial charge in [0.2, 0.25) is 0 Å². The highest BCUT2D eigenvalue weighted by Gasteiger charge is 2.50. The minimum absolute atomic E-state index is 0.0671. The molecule has 2 aliphatic carbocycles. The van der Waals surface area contributed by atoms with Crippen LogP contribution >= 0.6 is 0 Å². The van der Waals surface area contributed by atoms with E-state index in [0.29, 0.717) is 18.6 Å². The molecule has 3 nitrogen and oxygen atoms in total. The van der Waals surface area contributed by atoms with Gasteiger partial charge in [0.1, 0.15) is 11.5 Å². The standard InChI is InChI=1S/C16H18O3/c1-16-8-2-5-14(17)13(16)7-6-11(15(16)18)10-12-4-3-9-19-12/h3-4,9-10,13H,2,5-8H2,1H3. The van der Waals surface area contributed by atoms with Gasteiger partial charge in [-0.2, -0.15) is 0 Å². The lowest BCUT2D eigenvalue weighted by Gasteiger charge is -2.43. The first-order valence-corrected chi connectivity index (χ1v) is 6.93. The highest BCUT2D eigenvalue weighted by molar-refractivity contribution is 6.07. The quantitative estimate of drug-likeness (QED) is 0.725. The van der Waals surface area contributed by atoms with Crippen LogP contribution in [-0.4, -0.2) is 11.6 Å². The largest absolute Gasteiger partial charge is 0.465 e. The van der Waals surface area contributed by atoms with Gasteiger partial charge in [-0.1, -0.05) is 6.92 Å². The Morgan fingerprint density at radius 1 is 1.37 bits per heavy atom. The van der Waals surface area contributed by atoms with Crippen LogP contribution in [0.25, 0.3) is 6.08 Å². The zero-order valence-electron chi connectivity index (χ0n) is 11.1. The van der Waals surface area contributed by atoms with Gasteiger partial charge in [-0.25, -0.2) is 0 Å². The smallest absolute Gasteiger partial charge is 0.165 e. The molecule has 2 atom stereocenters. The van der Waals surface area contributed by atoms with Crippen LogP contribution in [0.5, 0.6) is 0 Å². The van der Waals surface area contributed by atoms with E-state index in [9.17, 15) is 9.59 Å². The van der Waals surface area contributed by atoms with Crippen molar-refractivity contribution in [2.24, 2.45) is 11.3 Å². The summed E-state index contributed by atoms with van der Waals surface area (Å²) in [5.41, 5.74) is 0.329. The van der Waals surface area contributed by atoms with E-state index in [1.807, 2.05) is 25.1 Å². The molecule has 0 saturated heterocycles. The molecule has 19 heavy (non-hydrogen) atoms. The molecule has 0 amide bonds. The van der Waals surface area contributed by atoms with E-state index >= 15 is 0 Å². The van der Waals surface area contributed by atoms with E-state index in [4.69, 9.17) is 4.42 Å². The number of rotatable bonds is 1. The average molecular weight is 258 g/mol. The fourth-order valence-electron chi connectivity index (χ4n) is 3.55. The normalized spacial score (nSPS) is 33.5. The number of carbonyl (C=O) groups excluding carboxylic acids is 2. The van der Waals surface area contributed by atoms with Crippen LogP contribution in [0.1, 0.15) is 44.8 Å². The van der Waals surface area contributed by atoms with Crippen LogP contribution in [-0.2, 0) is 9.59 Å². The van der Waals surface area contributed by atoms with E-state index in [0.717, 1.165) is 24.8 Å². The average Bonchev–Trinajstić information content (AvgIpc) is 2.87. The Bertz CT molecular complexity index is 538. The van der Waals surface area contributed by atoms with E-state index in [1.165, 1.54) is 0 Å². The van der Waals surface area contributed by atoms with Crippen molar-refractivity contribution in [2.75, 3.05) is 0 Å². The molecular weight excluding hydrogens is 240 g/mol. The molecule has 0 N–H and O–H groups in total. The molecule has 1 aromatic heterocycles. The second-order valence-corrected chi connectivity index (χ2v) is 5.84. The summed E-state index contributed by atoms with van der Waals surface area (Å²) in [4.78, 5) is 24.7. The van der Waals surface area contributed by atoms with Crippen molar-refractivity contribution in [1.82, 2.24) is 0 Å². The van der Waals surface area contributed by atoms with E-state index in [1.54, 1.807) is 6.26 Å². The second kappa shape index (κ2) is 4.48. The highest BCUT2D eigenvalue weighted by Crippen LogP contribution is 2.48. The van der Waals surface area contributed by atoms with Crippen molar-refractivity contribution in [1.29, 1.82) is 0 Å². The van der Waals surface area contributed by atoms with Crippen LogP contribution in [0.4, 0.5) is 0 Å². The fourth-order valence-corrected chi connectivity index (χ4v) is 3.55. The van der Waals surface area contributed by atoms with Crippen molar-refractivity contribution in [2.45, 2.75) is 39.0 Å². The van der Waals surface area contributed by atoms with Crippen LogP contribution < -0.4 is 0 Å². The molecule has 0 aliphatic heterocycles. The highest BCUT2D eigenvalue weighted by atomic mass is 16.3. The maximum absolute atomic E-state index is 12.7. The molecule has 0 bridgehead atoms. The summed E-state index contributed by atoms with van der Waals surface area (Å²) < 4.78 is 5.28. The van der Waals surface area contributed by atoms with Gasteiger partial charge in [-0.15, -0.1) is 0 Å². The number of furan rings is 1. The maximum Gasteiger partial charge on any atom is 0.165 e. The number of hydrogen-bond acceptors (Lipinski definition) is 3. The summed E-state index contributed by atoms with van der Waals surface area (Å²) in [6.45, 7) is 1.96. The lowest BCUT2D eigenvalue weighted by Crippen LogP contribution is -2.46. The molecule has 0 spiro atoms. The molecule has 1 heterocycles. The first-order valence-electron chi connectivity index (χ1n) is 6.93. The van der Waals surface area contributed by atoms with E-state index in [2.05, 4.69) is 0 Å². The molecule has 0 radical (unpaired) electrons. The lowest BCUT2D eigenvalue weighted by atomic mass is 9.58. The number of allylic oxidation sites excluding steroid dienone is 1. The van der Waals surface area contributed by atoms with Crippen molar-refractivity contribution >= 4 is 17.6 Å². The maximum atomic E-state index is 12.7. The predicted octanol–water partition coefficient (Wildman–Crippen LogP) is 3.40. The number of carbonyl (C=O) groups is 2. The Kier molecular flexibility index (Phi) is 2.92. The third kappa shape index (κ3) is 1.97. The van der Waals surface area contributed by atoms with Crippen LogP contribution in [0, 0.1) is 11.3 Å². The molecule has 3 heteroatoms. The Hall–Kier alpha value is -1.64. The van der Waals surface area contributed by atoms with Gasteiger partial charge >= 0.3 is 0 Å². The molecule has 0 aromatic carbocycles. The first-order chi connectivity index (χ1) is 9.11. The van der Waals surface area contributed by atoms with Crippen LogP contribution in [0.15, 0.2) is 28.4 Å². The van der Waals surface area contributed by atoms with Crippen molar-refractivity contribution in [3.8, 4) is 0 Å². The molecule has 3 rings (SSSR count). The van der Waals surface area contributed by atoms with Gasteiger partial charge in [0.15, 0.2) is 5.78 Å². The van der Waals surface area contributed by atoms with Gasteiger partial charge in [-0.3, -0.25) is 9.59 Å². The van der Waals surface area contributed by atoms with Crippen LogP contribution in [0.3, 0.4) is 0 Å². The Balaban J connectivity index is 1.93. The topological polar surface area (TPSA) is 47.3 Å². The van der Waals surface area contributed by atoms with Crippen molar-refractivity contribution in [3.05, 3.63) is 29.7 Å². The molecule has 2 aliphatic rings. The van der Waals surface area contributed by atoms with Gasteiger partial charge in [0.05, 0.1) is 6.26 Å². The Morgan fingerprint density at radius 2 is 2.21 bits per heavy atom. The van der Waals surface area contributed by atoms with Crippen LogP contribution in [0.2, 0.25) is 0 Å². The SMILES string of the molecule is CC12CCCC(=O)C1CCC(=Cc1ccco1)C2=O. The predicted molar refractivity (Wildman–Crippen MR) is 71.4 cm³/mol. The molecule has 2 saturated carbocycles. The summed E-state index contributed by atoms with van der Waals surface area (Å²) in [5.74, 6) is 1.07. The fraction of sp³-hybridized carbons (Fsp3) is 0.500. The van der Waals surface area contributed by atoms with E-state index in [-0.39, 0.29) is 17.5 Å². The van der Waals surface area contributed by atoms with Gasteiger partial charge < -0.3 is 4.42 Å². The number of hydrogen-bond donors (Lipinski definition) is 0. The summed E-state index contributed by atoms with van der Waals surface area (Å²) in [5, 5.41) is 0. The summed E-state index contributed by atoms with van der Waals surface area (Å²) in [6, 6.07) is 3.66. The van der Waals surface area contributed by atoms with Crippen molar-refractivity contribution in [3.63, 3.8) is 0 Å². The number of ketones is 2. The summed E-state index contributed by atoms with van der Waals surface area (Å²) in [6.07, 6.45) is 7.24.